The Balaban J connectivity index is 1.94. The molecule has 1 N–H and O–H groups in total. The second-order valence-electron chi connectivity index (χ2n) is 5.74. The van der Waals surface area contributed by atoms with Crippen molar-refractivity contribution in [2.45, 2.75) is 31.3 Å². The molecule has 1 saturated heterocycles. The standard InChI is InChI=1S/C17H19N3O2/c1-17(10-6-11-18-15(17)16(21)22)19-14-9-5-12-20(14)13-7-3-2-4-8-13/h2-4,6-8,10-11,15H,5,9,12H2,1H3,(H,21,22). The second-order valence-corrected chi connectivity index (χ2v) is 5.74. The van der Waals surface area contributed by atoms with Gasteiger partial charge in [-0.2, -0.15) is 0 Å². The smallest absolute Gasteiger partial charge is 0.331 e. The van der Waals surface area contributed by atoms with Gasteiger partial charge < -0.3 is 10.0 Å². The first-order chi connectivity index (χ1) is 10.6. The summed E-state index contributed by atoms with van der Waals surface area (Å²) < 4.78 is 0. The predicted molar refractivity (Wildman–Crippen MR) is 87.9 cm³/mol. The maximum absolute atomic E-state index is 11.5. The van der Waals surface area contributed by atoms with Crippen LogP contribution in [0, 0.1) is 0 Å². The van der Waals surface area contributed by atoms with Crippen LogP contribution < -0.4 is 4.90 Å². The number of carboxylic acids is 1. The van der Waals surface area contributed by atoms with Crippen LogP contribution in [0.3, 0.4) is 0 Å². The van der Waals surface area contributed by atoms with Gasteiger partial charge in [-0.3, -0.25) is 9.98 Å². The third kappa shape index (κ3) is 2.66. The van der Waals surface area contributed by atoms with Crippen molar-refractivity contribution in [2.75, 3.05) is 11.4 Å². The molecule has 1 fully saturated rings. The highest BCUT2D eigenvalue weighted by Crippen LogP contribution is 2.28. The van der Waals surface area contributed by atoms with Crippen molar-refractivity contribution in [1.29, 1.82) is 0 Å². The number of anilines is 1. The number of rotatable bonds is 3. The molecule has 2 aliphatic rings. The summed E-state index contributed by atoms with van der Waals surface area (Å²) >= 11 is 0. The molecule has 0 amide bonds. The minimum Gasteiger partial charge on any atom is -0.480 e. The predicted octanol–water partition coefficient (Wildman–Crippen LogP) is 2.54. The average molecular weight is 297 g/mol. The van der Waals surface area contributed by atoms with E-state index in [2.05, 4.69) is 9.89 Å². The normalized spacial score (nSPS) is 29.2. The summed E-state index contributed by atoms with van der Waals surface area (Å²) in [6.07, 6.45) is 7.01. The van der Waals surface area contributed by atoms with Gasteiger partial charge in [0.25, 0.3) is 0 Å². The number of amidine groups is 1. The zero-order chi connectivity index (χ0) is 15.6. The first kappa shape index (κ1) is 14.5. The Bertz CT molecular complexity index is 651. The number of dihydropyridines is 1. The van der Waals surface area contributed by atoms with E-state index in [9.17, 15) is 9.90 Å². The summed E-state index contributed by atoms with van der Waals surface area (Å²) in [5.41, 5.74) is 0.255. The van der Waals surface area contributed by atoms with Crippen molar-refractivity contribution in [3.8, 4) is 0 Å². The molecule has 2 unspecified atom stereocenters. The van der Waals surface area contributed by atoms with Crippen molar-refractivity contribution >= 4 is 23.7 Å². The first-order valence-electron chi connectivity index (χ1n) is 7.45. The maximum atomic E-state index is 11.5. The Morgan fingerprint density at radius 2 is 2.18 bits per heavy atom. The molecule has 114 valence electrons. The number of carbonyl (C=O) groups is 1. The number of para-hydroxylation sites is 1. The highest BCUT2D eigenvalue weighted by atomic mass is 16.4. The van der Waals surface area contributed by atoms with Gasteiger partial charge in [-0.25, -0.2) is 4.79 Å². The summed E-state index contributed by atoms with van der Waals surface area (Å²) in [6.45, 7) is 2.73. The van der Waals surface area contributed by atoms with Crippen molar-refractivity contribution in [2.24, 2.45) is 9.98 Å². The van der Waals surface area contributed by atoms with Crippen LogP contribution >= 0.6 is 0 Å². The second kappa shape index (κ2) is 5.75. The van der Waals surface area contributed by atoms with Gasteiger partial charge in [-0.1, -0.05) is 24.3 Å². The van der Waals surface area contributed by atoms with Crippen LogP contribution in [0.5, 0.6) is 0 Å². The van der Waals surface area contributed by atoms with Crippen LogP contribution in [0.25, 0.3) is 0 Å². The number of hydrogen-bond donors (Lipinski definition) is 1. The van der Waals surface area contributed by atoms with Crippen LogP contribution in [-0.2, 0) is 4.79 Å². The number of aliphatic carboxylic acids is 1. The van der Waals surface area contributed by atoms with Crippen LogP contribution in [0.1, 0.15) is 19.8 Å². The Morgan fingerprint density at radius 3 is 2.91 bits per heavy atom. The largest absolute Gasteiger partial charge is 0.480 e. The molecule has 1 aromatic carbocycles. The fourth-order valence-electron chi connectivity index (χ4n) is 2.97. The molecule has 0 radical (unpaired) electrons. The van der Waals surface area contributed by atoms with E-state index in [-0.39, 0.29) is 0 Å². The van der Waals surface area contributed by atoms with Gasteiger partial charge in [-0.05, 0) is 31.6 Å². The van der Waals surface area contributed by atoms with E-state index >= 15 is 0 Å². The van der Waals surface area contributed by atoms with E-state index in [1.165, 1.54) is 6.21 Å². The molecule has 3 rings (SSSR count). The van der Waals surface area contributed by atoms with Crippen molar-refractivity contribution in [3.63, 3.8) is 0 Å². The molecule has 1 aromatic rings. The summed E-state index contributed by atoms with van der Waals surface area (Å²) in [7, 11) is 0. The van der Waals surface area contributed by atoms with Gasteiger partial charge >= 0.3 is 5.97 Å². The summed E-state index contributed by atoms with van der Waals surface area (Å²) in [4.78, 5) is 22.5. The number of carboxylic acid groups (broad SMARTS) is 1. The fourth-order valence-corrected chi connectivity index (χ4v) is 2.97. The zero-order valence-electron chi connectivity index (χ0n) is 12.5. The van der Waals surface area contributed by atoms with E-state index in [0.717, 1.165) is 30.9 Å². The number of aliphatic imine (C=N–C) groups is 2. The minimum atomic E-state index is -0.947. The first-order valence-corrected chi connectivity index (χ1v) is 7.45. The van der Waals surface area contributed by atoms with Crippen LogP contribution in [0.4, 0.5) is 5.69 Å². The molecule has 5 heteroatoms. The number of nitrogens with zero attached hydrogens (tertiary/aromatic N) is 3. The molecule has 0 saturated carbocycles. The van der Waals surface area contributed by atoms with E-state index in [1.54, 1.807) is 6.08 Å². The molecule has 2 aliphatic heterocycles. The average Bonchev–Trinajstić information content (AvgIpc) is 2.95. The molecule has 22 heavy (non-hydrogen) atoms. The zero-order valence-corrected chi connectivity index (χ0v) is 12.5. The summed E-state index contributed by atoms with van der Waals surface area (Å²) in [5.74, 6) is -0.0154. The monoisotopic (exact) mass is 297 g/mol. The van der Waals surface area contributed by atoms with Crippen molar-refractivity contribution < 1.29 is 9.90 Å². The van der Waals surface area contributed by atoms with Crippen LogP contribution in [0.15, 0.2) is 52.5 Å². The third-order valence-corrected chi connectivity index (χ3v) is 4.07. The van der Waals surface area contributed by atoms with Gasteiger partial charge in [0.1, 0.15) is 11.4 Å². The molecular formula is C17H19N3O2. The van der Waals surface area contributed by atoms with Crippen molar-refractivity contribution in [3.05, 3.63) is 42.5 Å². The number of hydrogen-bond acceptors (Lipinski definition) is 3. The Morgan fingerprint density at radius 1 is 1.41 bits per heavy atom. The van der Waals surface area contributed by atoms with Gasteiger partial charge in [0.15, 0.2) is 6.04 Å². The molecule has 0 aromatic heterocycles. The Kier molecular flexibility index (Phi) is 3.79. The molecule has 2 heterocycles. The van der Waals surface area contributed by atoms with Crippen LogP contribution in [0.2, 0.25) is 0 Å². The number of benzene rings is 1. The lowest BCUT2D eigenvalue weighted by Crippen LogP contribution is -2.43. The highest BCUT2D eigenvalue weighted by Gasteiger charge is 2.39. The minimum absolute atomic E-state index is 0.840. The van der Waals surface area contributed by atoms with Gasteiger partial charge in [-0.15, -0.1) is 0 Å². The summed E-state index contributed by atoms with van der Waals surface area (Å²) in [5, 5.41) is 9.40. The molecule has 5 nitrogen and oxygen atoms in total. The Hall–Kier alpha value is -2.43. The SMILES string of the molecule is CC1(N=C2CCCN2c2ccccc2)C=CC=NC1C(=O)O. The molecule has 0 bridgehead atoms. The molecule has 2 atom stereocenters. The lowest BCUT2D eigenvalue weighted by molar-refractivity contribution is -0.139. The lowest BCUT2D eigenvalue weighted by atomic mass is 9.91. The van der Waals surface area contributed by atoms with Crippen LogP contribution in [-0.4, -0.2) is 41.3 Å². The van der Waals surface area contributed by atoms with E-state index < -0.39 is 17.6 Å². The molecule has 0 aliphatic carbocycles. The maximum Gasteiger partial charge on any atom is 0.331 e. The lowest BCUT2D eigenvalue weighted by Gasteiger charge is -2.30. The number of allylic oxidation sites excluding steroid dienone is 1. The quantitative estimate of drug-likeness (QED) is 0.932. The molecule has 0 spiro atoms. The topological polar surface area (TPSA) is 65.3 Å². The third-order valence-electron chi connectivity index (χ3n) is 4.07. The highest BCUT2D eigenvalue weighted by molar-refractivity contribution is 6.00. The van der Waals surface area contributed by atoms with Gasteiger partial charge in [0.05, 0.1) is 0 Å². The van der Waals surface area contributed by atoms with E-state index in [4.69, 9.17) is 4.99 Å². The van der Waals surface area contributed by atoms with Crippen molar-refractivity contribution in [1.82, 2.24) is 0 Å². The van der Waals surface area contributed by atoms with Gasteiger partial charge in [0.2, 0.25) is 0 Å². The van der Waals surface area contributed by atoms with E-state index in [0.29, 0.717) is 0 Å². The summed E-state index contributed by atoms with van der Waals surface area (Å²) in [6, 6.07) is 9.20. The molecular weight excluding hydrogens is 278 g/mol. The van der Waals surface area contributed by atoms with E-state index in [1.807, 2.05) is 43.3 Å². The Labute approximate surface area is 129 Å². The fraction of sp³-hybridized carbons (Fsp3) is 0.353. The van der Waals surface area contributed by atoms with Gasteiger partial charge in [0, 0.05) is 24.9 Å².